The van der Waals surface area contributed by atoms with Crippen LogP contribution in [-0.4, -0.2) is 21.2 Å². The highest BCUT2D eigenvalue weighted by molar-refractivity contribution is 7.14. The number of nitrogens with one attached hydrogen (secondary N) is 2. The van der Waals surface area contributed by atoms with Crippen molar-refractivity contribution in [3.8, 4) is 11.3 Å². The molecule has 2 aromatic carbocycles. The van der Waals surface area contributed by atoms with Gasteiger partial charge < -0.3 is 5.11 Å². The summed E-state index contributed by atoms with van der Waals surface area (Å²) in [6.07, 6.45) is -0.974. The van der Waals surface area contributed by atoms with Crippen LogP contribution in [0.2, 0.25) is 10.0 Å². The Balaban J connectivity index is 1.61. The number of halogens is 2. The summed E-state index contributed by atoms with van der Waals surface area (Å²) in [4.78, 5) is 15.0. The molecule has 1 unspecified atom stereocenters. The molecule has 3 N–H and O–H groups in total. The molecule has 0 aliphatic heterocycles. The van der Waals surface area contributed by atoms with Crippen molar-refractivity contribution in [2.24, 2.45) is 0 Å². The van der Waals surface area contributed by atoms with Crippen LogP contribution in [0, 0.1) is 10.1 Å². The Hall–Kier alpha value is -2.23. The smallest absolute Gasteiger partial charge is 0.272 e. The molecule has 0 saturated heterocycles. The Morgan fingerprint density at radius 1 is 1.22 bits per heavy atom. The molecule has 0 radical (unpaired) electrons. The molecule has 0 aliphatic carbocycles. The number of benzene rings is 2. The highest BCUT2D eigenvalue weighted by Gasteiger charge is 2.16. The number of nitro benzene ring substituents is 1. The quantitative estimate of drug-likeness (QED) is 0.293. The van der Waals surface area contributed by atoms with E-state index in [1.54, 1.807) is 30.3 Å². The molecule has 0 fully saturated rings. The topological polar surface area (TPSA) is 100 Å². The molecule has 3 rings (SSSR count). The van der Waals surface area contributed by atoms with E-state index < -0.39 is 11.2 Å². The second-order valence-electron chi connectivity index (χ2n) is 5.54. The summed E-state index contributed by atoms with van der Waals surface area (Å²) in [6, 6.07) is 11.5. The summed E-state index contributed by atoms with van der Waals surface area (Å²) in [7, 11) is 0. The molecular formula is C17H14Cl2N4O3S. The number of hydrogen-bond donors (Lipinski definition) is 3. The van der Waals surface area contributed by atoms with Crippen molar-refractivity contribution < 1.29 is 10.0 Å². The average Bonchev–Trinajstić information content (AvgIpc) is 3.11. The van der Waals surface area contributed by atoms with Gasteiger partial charge in [-0.05, 0) is 12.1 Å². The molecule has 27 heavy (non-hydrogen) atoms. The van der Waals surface area contributed by atoms with Crippen molar-refractivity contribution in [3.63, 3.8) is 0 Å². The van der Waals surface area contributed by atoms with Gasteiger partial charge in [-0.25, -0.2) is 10.4 Å². The standard InChI is InChI=1S/C17H14Cl2N4O3S/c18-12-6-5-10(7-13(12)19)14-9-27-17(20-14)22-21-16(24)8-11-3-1-2-4-15(11)23(25)26/h1-7,9,16,21,24H,8H2,(H,20,22). The lowest BCUT2D eigenvalue weighted by Gasteiger charge is -2.13. The first kappa shape index (κ1) is 19.5. The summed E-state index contributed by atoms with van der Waals surface area (Å²) in [5.41, 5.74) is 7.41. The lowest BCUT2D eigenvalue weighted by molar-refractivity contribution is -0.385. The largest absolute Gasteiger partial charge is 0.377 e. The van der Waals surface area contributed by atoms with E-state index >= 15 is 0 Å². The first-order valence-electron chi connectivity index (χ1n) is 7.77. The van der Waals surface area contributed by atoms with Crippen LogP contribution in [0.3, 0.4) is 0 Å². The van der Waals surface area contributed by atoms with Crippen LogP contribution in [0.4, 0.5) is 10.8 Å². The van der Waals surface area contributed by atoms with Crippen LogP contribution >= 0.6 is 34.5 Å². The monoisotopic (exact) mass is 424 g/mol. The predicted molar refractivity (Wildman–Crippen MR) is 107 cm³/mol. The third kappa shape index (κ3) is 4.94. The molecule has 3 aromatic rings. The molecule has 0 aliphatic rings. The zero-order valence-corrected chi connectivity index (χ0v) is 16.1. The summed E-state index contributed by atoms with van der Waals surface area (Å²) >= 11 is 13.3. The van der Waals surface area contributed by atoms with Gasteiger partial charge in [-0.3, -0.25) is 15.5 Å². The number of nitrogens with zero attached hydrogens (tertiary/aromatic N) is 2. The minimum absolute atomic E-state index is 0.0329. The Kier molecular flexibility index (Phi) is 6.25. The predicted octanol–water partition coefficient (Wildman–Crippen LogP) is 4.50. The summed E-state index contributed by atoms with van der Waals surface area (Å²) in [5, 5.41) is 24.4. The van der Waals surface area contributed by atoms with E-state index in [0.29, 0.717) is 26.4 Å². The summed E-state index contributed by atoms with van der Waals surface area (Å²) in [5.74, 6) is 0. The Morgan fingerprint density at radius 2 is 2.00 bits per heavy atom. The number of thiazole rings is 1. The number of para-hydroxylation sites is 1. The molecule has 1 heterocycles. The van der Waals surface area contributed by atoms with Crippen molar-refractivity contribution in [3.05, 3.63) is 73.6 Å². The van der Waals surface area contributed by atoms with E-state index in [2.05, 4.69) is 15.8 Å². The van der Waals surface area contributed by atoms with Crippen LogP contribution < -0.4 is 10.9 Å². The molecule has 0 bridgehead atoms. The fourth-order valence-corrected chi connectivity index (χ4v) is 3.36. The van der Waals surface area contributed by atoms with Crippen LogP contribution in [0.1, 0.15) is 5.56 Å². The fraction of sp³-hybridized carbons (Fsp3) is 0.118. The van der Waals surface area contributed by atoms with Crippen LogP contribution in [0.25, 0.3) is 11.3 Å². The van der Waals surface area contributed by atoms with Crippen molar-refractivity contribution in [1.29, 1.82) is 0 Å². The van der Waals surface area contributed by atoms with Crippen LogP contribution in [0.5, 0.6) is 0 Å². The zero-order chi connectivity index (χ0) is 19.4. The fourth-order valence-electron chi connectivity index (χ4n) is 2.39. The second-order valence-corrected chi connectivity index (χ2v) is 7.21. The molecular weight excluding hydrogens is 411 g/mol. The molecule has 10 heteroatoms. The molecule has 1 aromatic heterocycles. The summed E-state index contributed by atoms with van der Waals surface area (Å²) in [6.45, 7) is 0. The number of hydrazine groups is 1. The Labute approximate surface area is 168 Å². The number of aliphatic hydroxyl groups excluding tert-OH is 1. The molecule has 0 saturated carbocycles. The number of rotatable bonds is 7. The number of nitro groups is 1. The van der Waals surface area contributed by atoms with E-state index in [9.17, 15) is 15.2 Å². The SMILES string of the molecule is O=[N+]([O-])c1ccccc1CC(O)NNc1nc(-c2ccc(Cl)c(Cl)c2)cs1. The van der Waals surface area contributed by atoms with Crippen LogP contribution in [-0.2, 0) is 6.42 Å². The van der Waals surface area contributed by atoms with E-state index in [-0.39, 0.29) is 12.1 Å². The molecule has 0 spiro atoms. The third-order valence-corrected chi connectivity index (χ3v) is 5.16. The van der Waals surface area contributed by atoms with Crippen molar-refractivity contribution in [2.75, 3.05) is 5.43 Å². The lowest BCUT2D eigenvalue weighted by Crippen LogP contribution is -2.35. The second kappa shape index (κ2) is 8.64. The van der Waals surface area contributed by atoms with E-state index in [4.69, 9.17) is 23.2 Å². The maximum absolute atomic E-state index is 11.0. The number of aliphatic hydroxyl groups is 1. The van der Waals surface area contributed by atoms with Gasteiger partial charge in [0.05, 0.1) is 20.7 Å². The molecule has 0 amide bonds. The number of anilines is 1. The summed E-state index contributed by atoms with van der Waals surface area (Å²) < 4.78 is 0. The van der Waals surface area contributed by atoms with Crippen molar-refractivity contribution >= 4 is 45.4 Å². The first-order chi connectivity index (χ1) is 12.9. The third-order valence-electron chi connectivity index (χ3n) is 3.67. The van der Waals surface area contributed by atoms with Gasteiger partial charge >= 0.3 is 0 Å². The van der Waals surface area contributed by atoms with Gasteiger partial charge in [-0.15, -0.1) is 11.3 Å². The minimum Gasteiger partial charge on any atom is -0.377 e. The van der Waals surface area contributed by atoms with Crippen LogP contribution in [0.15, 0.2) is 47.8 Å². The normalized spacial score (nSPS) is 12.0. The van der Waals surface area contributed by atoms with Gasteiger partial charge in [0.2, 0.25) is 0 Å². The van der Waals surface area contributed by atoms with E-state index in [0.717, 1.165) is 5.56 Å². The average molecular weight is 425 g/mol. The number of hydrogen-bond acceptors (Lipinski definition) is 7. The zero-order valence-electron chi connectivity index (χ0n) is 13.7. The van der Waals surface area contributed by atoms with E-state index in [1.807, 2.05) is 11.4 Å². The number of aromatic nitrogens is 1. The first-order valence-corrected chi connectivity index (χ1v) is 9.40. The van der Waals surface area contributed by atoms with Gasteiger partial charge in [0.25, 0.3) is 5.69 Å². The van der Waals surface area contributed by atoms with Crippen molar-refractivity contribution in [1.82, 2.24) is 10.4 Å². The Morgan fingerprint density at radius 3 is 2.74 bits per heavy atom. The Bertz CT molecular complexity index is 967. The van der Waals surface area contributed by atoms with Gasteiger partial charge in [0, 0.05) is 29.0 Å². The minimum atomic E-state index is -1.04. The van der Waals surface area contributed by atoms with E-state index in [1.165, 1.54) is 17.4 Å². The molecule has 140 valence electrons. The highest BCUT2D eigenvalue weighted by atomic mass is 35.5. The lowest BCUT2D eigenvalue weighted by atomic mass is 10.1. The molecule has 7 nitrogen and oxygen atoms in total. The molecule has 1 atom stereocenters. The van der Waals surface area contributed by atoms with Gasteiger partial charge in [-0.2, -0.15) is 0 Å². The van der Waals surface area contributed by atoms with Gasteiger partial charge in [-0.1, -0.05) is 47.5 Å². The highest BCUT2D eigenvalue weighted by Crippen LogP contribution is 2.30. The maximum atomic E-state index is 11.0. The van der Waals surface area contributed by atoms with Crippen molar-refractivity contribution in [2.45, 2.75) is 12.6 Å². The maximum Gasteiger partial charge on any atom is 0.272 e. The van der Waals surface area contributed by atoms with Gasteiger partial charge in [0.1, 0.15) is 6.23 Å². The van der Waals surface area contributed by atoms with Gasteiger partial charge in [0.15, 0.2) is 5.13 Å².